The number of fused-ring (bicyclic) bond motifs is 1. The van der Waals surface area contributed by atoms with Crippen molar-refractivity contribution < 1.29 is 4.79 Å². The zero-order chi connectivity index (χ0) is 20.9. The standard InChI is InChI=1S/C20H19ClN8O/c21-13-4-2-6-15(10-13)27-17-16-18(28-29-19(16)26-11-25-17)23-7-8-24-20(30)12-3-1-5-14(22)9-12/h1-6,9-11H,7-8,22H2,(H,24,30)(H3,23,25,26,27,28,29). The molecule has 1 amide bonds. The Balaban J connectivity index is 1.42. The minimum atomic E-state index is -0.192. The molecule has 4 aromatic rings. The van der Waals surface area contributed by atoms with E-state index in [0.717, 1.165) is 5.69 Å². The fourth-order valence-corrected chi connectivity index (χ4v) is 3.11. The Hall–Kier alpha value is -3.85. The van der Waals surface area contributed by atoms with Gasteiger partial charge in [-0.1, -0.05) is 23.7 Å². The van der Waals surface area contributed by atoms with E-state index in [1.807, 2.05) is 12.1 Å². The van der Waals surface area contributed by atoms with Crippen LogP contribution in [-0.2, 0) is 0 Å². The van der Waals surface area contributed by atoms with Crippen LogP contribution in [0.2, 0.25) is 5.02 Å². The monoisotopic (exact) mass is 422 g/mol. The van der Waals surface area contributed by atoms with Gasteiger partial charge in [0.25, 0.3) is 5.91 Å². The summed E-state index contributed by atoms with van der Waals surface area (Å²) in [5, 5.41) is 17.7. The lowest BCUT2D eigenvalue weighted by Crippen LogP contribution is -2.28. The Labute approximate surface area is 177 Å². The first-order valence-corrected chi connectivity index (χ1v) is 9.57. The van der Waals surface area contributed by atoms with Gasteiger partial charge in [0.2, 0.25) is 0 Å². The molecule has 6 N–H and O–H groups in total. The second-order valence-corrected chi connectivity index (χ2v) is 6.90. The predicted molar refractivity (Wildman–Crippen MR) is 118 cm³/mol. The molecule has 0 fully saturated rings. The van der Waals surface area contributed by atoms with E-state index in [4.69, 9.17) is 17.3 Å². The van der Waals surface area contributed by atoms with Crippen LogP contribution in [0.25, 0.3) is 11.0 Å². The summed E-state index contributed by atoms with van der Waals surface area (Å²) in [6, 6.07) is 14.2. The van der Waals surface area contributed by atoms with E-state index < -0.39 is 0 Å². The largest absolute Gasteiger partial charge is 0.399 e. The summed E-state index contributed by atoms with van der Waals surface area (Å²) in [7, 11) is 0. The first-order valence-electron chi connectivity index (χ1n) is 9.19. The van der Waals surface area contributed by atoms with E-state index in [-0.39, 0.29) is 5.91 Å². The van der Waals surface area contributed by atoms with Crippen molar-refractivity contribution in [2.45, 2.75) is 0 Å². The van der Waals surface area contributed by atoms with Crippen LogP contribution in [0.5, 0.6) is 0 Å². The van der Waals surface area contributed by atoms with E-state index in [2.05, 4.69) is 36.1 Å². The maximum absolute atomic E-state index is 12.2. The Morgan fingerprint density at radius 1 is 1.07 bits per heavy atom. The smallest absolute Gasteiger partial charge is 0.251 e. The highest BCUT2D eigenvalue weighted by Gasteiger charge is 2.13. The van der Waals surface area contributed by atoms with Crippen molar-refractivity contribution in [3.8, 4) is 0 Å². The Morgan fingerprint density at radius 2 is 1.93 bits per heavy atom. The summed E-state index contributed by atoms with van der Waals surface area (Å²) < 4.78 is 0. The molecule has 0 aliphatic rings. The van der Waals surface area contributed by atoms with Gasteiger partial charge in [0.1, 0.15) is 17.5 Å². The molecule has 9 nitrogen and oxygen atoms in total. The molecule has 4 rings (SSSR count). The van der Waals surface area contributed by atoms with Gasteiger partial charge in [0, 0.05) is 35.1 Å². The molecule has 152 valence electrons. The Morgan fingerprint density at radius 3 is 2.77 bits per heavy atom. The number of halogens is 1. The molecule has 30 heavy (non-hydrogen) atoms. The predicted octanol–water partition coefficient (Wildman–Crippen LogP) is 3.17. The van der Waals surface area contributed by atoms with Crippen LogP contribution in [0.1, 0.15) is 10.4 Å². The number of anilines is 4. The molecule has 0 spiro atoms. The van der Waals surface area contributed by atoms with Crippen molar-refractivity contribution in [1.82, 2.24) is 25.5 Å². The summed E-state index contributed by atoms with van der Waals surface area (Å²) in [4.78, 5) is 20.7. The van der Waals surface area contributed by atoms with Crippen LogP contribution < -0.4 is 21.7 Å². The van der Waals surface area contributed by atoms with Crippen molar-refractivity contribution in [3.05, 3.63) is 65.4 Å². The number of amides is 1. The topological polar surface area (TPSA) is 134 Å². The fourth-order valence-electron chi connectivity index (χ4n) is 2.92. The number of nitrogens with one attached hydrogen (secondary N) is 4. The van der Waals surface area contributed by atoms with Crippen molar-refractivity contribution >= 4 is 51.6 Å². The molecule has 0 aliphatic heterocycles. The highest BCUT2D eigenvalue weighted by molar-refractivity contribution is 6.30. The normalized spacial score (nSPS) is 10.7. The van der Waals surface area contributed by atoms with Gasteiger partial charge < -0.3 is 21.7 Å². The lowest BCUT2D eigenvalue weighted by atomic mass is 10.2. The number of carbonyl (C=O) groups excluding carboxylic acids is 1. The summed E-state index contributed by atoms with van der Waals surface area (Å²) in [5.41, 5.74) is 8.16. The average Bonchev–Trinajstić information content (AvgIpc) is 3.15. The van der Waals surface area contributed by atoms with Crippen molar-refractivity contribution in [2.24, 2.45) is 0 Å². The van der Waals surface area contributed by atoms with Crippen LogP contribution in [0.15, 0.2) is 54.9 Å². The number of H-pyrrole nitrogens is 1. The SMILES string of the molecule is Nc1cccc(C(=O)NCCNc2n[nH]c3ncnc(Nc4cccc(Cl)c4)c23)c1. The molecule has 0 atom stereocenters. The van der Waals surface area contributed by atoms with Gasteiger partial charge in [-0.05, 0) is 36.4 Å². The number of hydrogen-bond donors (Lipinski definition) is 5. The molecule has 0 saturated carbocycles. The summed E-state index contributed by atoms with van der Waals surface area (Å²) in [6.07, 6.45) is 1.45. The third kappa shape index (κ3) is 4.41. The third-order valence-electron chi connectivity index (χ3n) is 4.30. The van der Waals surface area contributed by atoms with Gasteiger partial charge >= 0.3 is 0 Å². The molecular weight excluding hydrogens is 404 g/mol. The highest BCUT2D eigenvalue weighted by Crippen LogP contribution is 2.28. The maximum Gasteiger partial charge on any atom is 0.251 e. The minimum Gasteiger partial charge on any atom is -0.399 e. The number of aromatic nitrogens is 4. The van der Waals surface area contributed by atoms with Crippen LogP contribution in [-0.4, -0.2) is 39.2 Å². The van der Waals surface area contributed by atoms with E-state index in [9.17, 15) is 4.79 Å². The van der Waals surface area contributed by atoms with Gasteiger partial charge in [-0.3, -0.25) is 9.89 Å². The number of hydrogen-bond acceptors (Lipinski definition) is 7. The zero-order valence-electron chi connectivity index (χ0n) is 15.8. The molecule has 2 heterocycles. The number of nitrogens with zero attached hydrogens (tertiary/aromatic N) is 3. The van der Waals surface area contributed by atoms with Crippen LogP contribution in [0, 0.1) is 0 Å². The quantitative estimate of drug-likeness (QED) is 0.228. The number of benzene rings is 2. The van der Waals surface area contributed by atoms with Gasteiger partial charge in [0.05, 0.1) is 0 Å². The number of nitrogen functional groups attached to an aromatic ring is 1. The van der Waals surface area contributed by atoms with Crippen molar-refractivity contribution in [2.75, 3.05) is 29.5 Å². The number of nitrogens with two attached hydrogens (primary N) is 1. The van der Waals surface area contributed by atoms with Crippen LogP contribution in [0.3, 0.4) is 0 Å². The van der Waals surface area contributed by atoms with Gasteiger partial charge in [-0.2, -0.15) is 5.10 Å². The average molecular weight is 423 g/mol. The number of carbonyl (C=O) groups is 1. The second kappa shape index (κ2) is 8.66. The Bertz CT molecular complexity index is 1190. The molecular formula is C20H19ClN8O. The zero-order valence-corrected chi connectivity index (χ0v) is 16.6. The van der Waals surface area contributed by atoms with Crippen LogP contribution in [0.4, 0.5) is 23.0 Å². The first kappa shape index (κ1) is 19.5. The lowest BCUT2D eigenvalue weighted by Gasteiger charge is -2.09. The van der Waals surface area contributed by atoms with Crippen LogP contribution >= 0.6 is 11.6 Å². The van der Waals surface area contributed by atoms with Crippen molar-refractivity contribution in [1.29, 1.82) is 0 Å². The highest BCUT2D eigenvalue weighted by atomic mass is 35.5. The van der Waals surface area contributed by atoms with Crippen molar-refractivity contribution in [3.63, 3.8) is 0 Å². The molecule has 0 unspecified atom stereocenters. The molecule has 2 aromatic heterocycles. The van der Waals surface area contributed by atoms with E-state index in [1.54, 1.807) is 36.4 Å². The van der Waals surface area contributed by atoms with E-state index >= 15 is 0 Å². The van der Waals surface area contributed by atoms with E-state index in [1.165, 1.54) is 6.33 Å². The number of aromatic amines is 1. The molecule has 0 radical (unpaired) electrons. The van der Waals surface area contributed by atoms with Gasteiger partial charge in [0.15, 0.2) is 11.5 Å². The van der Waals surface area contributed by atoms with Gasteiger partial charge in [-0.25, -0.2) is 9.97 Å². The molecule has 10 heteroatoms. The van der Waals surface area contributed by atoms with E-state index in [0.29, 0.717) is 52.0 Å². The third-order valence-corrected chi connectivity index (χ3v) is 4.53. The summed E-state index contributed by atoms with van der Waals surface area (Å²) >= 11 is 6.06. The fraction of sp³-hybridized carbons (Fsp3) is 0.100. The second-order valence-electron chi connectivity index (χ2n) is 6.46. The van der Waals surface area contributed by atoms with Gasteiger partial charge in [-0.15, -0.1) is 0 Å². The lowest BCUT2D eigenvalue weighted by molar-refractivity contribution is 0.0955. The minimum absolute atomic E-state index is 0.192. The molecule has 0 aliphatic carbocycles. The Kier molecular flexibility index (Phi) is 5.62. The molecule has 0 saturated heterocycles. The summed E-state index contributed by atoms with van der Waals surface area (Å²) in [6.45, 7) is 0.853. The number of rotatable bonds is 7. The molecule has 2 aromatic carbocycles. The molecule has 0 bridgehead atoms. The maximum atomic E-state index is 12.2. The first-order chi connectivity index (χ1) is 14.6. The summed E-state index contributed by atoms with van der Waals surface area (Å²) in [5.74, 6) is 0.971.